The van der Waals surface area contributed by atoms with Gasteiger partial charge in [0.15, 0.2) is 0 Å². The summed E-state index contributed by atoms with van der Waals surface area (Å²) in [6, 6.07) is 0. The molecule has 0 aromatic rings. The van der Waals surface area contributed by atoms with Crippen LogP contribution in [-0.4, -0.2) is 5.91 Å². The third-order valence-electron chi connectivity index (χ3n) is 3.48. The van der Waals surface area contributed by atoms with Gasteiger partial charge in [-0.2, -0.15) is 0 Å². The molecule has 2 nitrogen and oxygen atoms in total. The second-order valence-electron chi connectivity index (χ2n) is 5.51. The number of amides is 1. The van der Waals surface area contributed by atoms with Gasteiger partial charge in [-0.25, -0.2) is 0 Å². The molecule has 0 fully saturated rings. The van der Waals surface area contributed by atoms with E-state index in [2.05, 4.69) is 13.0 Å². The Morgan fingerprint density at radius 2 is 1.30 bits per heavy atom. The van der Waals surface area contributed by atoms with E-state index in [0.29, 0.717) is 0 Å². The molecule has 0 aliphatic heterocycles. The van der Waals surface area contributed by atoms with Gasteiger partial charge in [-0.1, -0.05) is 89.4 Å². The van der Waals surface area contributed by atoms with Crippen LogP contribution in [0.1, 0.15) is 84.0 Å². The normalized spacial score (nSPS) is 11.7. The highest BCUT2D eigenvalue weighted by molar-refractivity contribution is 5.85. The van der Waals surface area contributed by atoms with Crippen LogP contribution in [0.3, 0.4) is 0 Å². The zero-order valence-electron chi connectivity index (χ0n) is 13.3. The fourth-order valence-electron chi connectivity index (χ4n) is 2.25. The molecule has 0 aromatic heterocycles. The second-order valence-corrected chi connectivity index (χ2v) is 5.51. The van der Waals surface area contributed by atoms with Crippen molar-refractivity contribution in [3.63, 3.8) is 0 Å². The van der Waals surface area contributed by atoms with Crippen LogP contribution >= 0.6 is 0 Å². The van der Waals surface area contributed by atoms with E-state index in [1.54, 1.807) is 6.08 Å². The second kappa shape index (κ2) is 16.0. The van der Waals surface area contributed by atoms with Crippen LogP contribution < -0.4 is 5.73 Å². The van der Waals surface area contributed by atoms with Gasteiger partial charge in [0.05, 0.1) is 0 Å². The summed E-state index contributed by atoms with van der Waals surface area (Å²) in [5.74, 6) is -0.385. The third kappa shape index (κ3) is 16.9. The van der Waals surface area contributed by atoms with Gasteiger partial charge < -0.3 is 5.73 Å². The Bertz CT molecular complexity index is 269. The minimum Gasteiger partial charge on any atom is -0.366 e. The third-order valence-corrected chi connectivity index (χ3v) is 3.48. The molecular formula is C18H33NO. The number of hydrogen-bond donors (Lipinski definition) is 1. The lowest BCUT2D eigenvalue weighted by atomic mass is 10.1. The number of carbonyl (C=O) groups excluding carboxylic acids is 1. The molecule has 20 heavy (non-hydrogen) atoms. The molecule has 0 radical (unpaired) electrons. The molecule has 0 unspecified atom stereocenters. The van der Waals surface area contributed by atoms with E-state index in [-0.39, 0.29) is 5.91 Å². The van der Waals surface area contributed by atoms with Crippen molar-refractivity contribution in [3.8, 4) is 0 Å². The molecule has 116 valence electrons. The molecule has 0 bridgehead atoms. The predicted octanol–water partition coefficient (Wildman–Crippen LogP) is 5.29. The van der Waals surface area contributed by atoms with Gasteiger partial charge in [-0.15, -0.1) is 0 Å². The Morgan fingerprint density at radius 1 is 0.800 bits per heavy atom. The smallest absolute Gasteiger partial charge is 0.241 e. The lowest BCUT2D eigenvalue weighted by molar-refractivity contribution is -0.113. The predicted molar refractivity (Wildman–Crippen MR) is 88.6 cm³/mol. The van der Waals surface area contributed by atoms with Crippen LogP contribution in [0, 0.1) is 0 Å². The molecule has 0 aliphatic carbocycles. The van der Waals surface area contributed by atoms with E-state index in [0.717, 1.165) is 6.42 Å². The molecule has 0 heterocycles. The Morgan fingerprint density at radius 3 is 1.80 bits per heavy atom. The number of nitrogens with two attached hydrogens (primary N) is 1. The number of carbonyl (C=O) groups is 1. The van der Waals surface area contributed by atoms with Gasteiger partial charge in [-0.3, -0.25) is 4.79 Å². The quantitative estimate of drug-likeness (QED) is 0.262. The summed E-state index contributed by atoms with van der Waals surface area (Å²) >= 11 is 0. The molecule has 2 N–H and O–H groups in total. The maximum atomic E-state index is 10.4. The monoisotopic (exact) mass is 279 g/mol. The average Bonchev–Trinajstić information content (AvgIpc) is 2.43. The maximum Gasteiger partial charge on any atom is 0.241 e. The highest BCUT2D eigenvalue weighted by atomic mass is 16.1. The highest BCUT2D eigenvalue weighted by Gasteiger charge is 1.92. The van der Waals surface area contributed by atoms with E-state index in [1.165, 1.54) is 76.7 Å². The van der Waals surface area contributed by atoms with Crippen LogP contribution in [-0.2, 0) is 4.79 Å². The zero-order chi connectivity index (χ0) is 14.9. The van der Waals surface area contributed by atoms with Gasteiger partial charge in [0.25, 0.3) is 0 Å². The summed E-state index contributed by atoms with van der Waals surface area (Å²) < 4.78 is 0. The van der Waals surface area contributed by atoms with Crippen molar-refractivity contribution in [2.24, 2.45) is 5.73 Å². The summed E-state index contributed by atoms with van der Waals surface area (Å²) in [4.78, 5) is 10.4. The summed E-state index contributed by atoms with van der Waals surface area (Å²) in [5.41, 5.74) is 4.99. The maximum absolute atomic E-state index is 10.4. The van der Waals surface area contributed by atoms with E-state index >= 15 is 0 Å². The minimum atomic E-state index is -0.385. The van der Waals surface area contributed by atoms with E-state index in [4.69, 9.17) is 5.73 Å². The molecule has 2 heteroatoms. The Kier molecular flexibility index (Phi) is 15.2. The van der Waals surface area contributed by atoms with Crippen molar-refractivity contribution >= 4 is 5.91 Å². The first kappa shape index (κ1) is 18.9. The first-order valence-corrected chi connectivity index (χ1v) is 8.40. The molecule has 0 saturated heterocycles. The molecule has 0 saturated carbocycles. The molecule has 1 amide bonds. The molecule has 0 spiro atoms. The largest absolute Gasteiger partial charge is 0.366 e. The zero-order valence-corrected chi connectivity index (χ0v) is 13.3. The Balaban J connectivity index is 3.11. The number of unbranched alkanes of at least 4 members (excludes halogenated alkanes) is 11. The summed E-state index contributed by atoms with van der Waals surface area (Å²) in [6.07, 6.45) is 23.4. The van der Waals surface area contributed by atoms with Crippen LogP contribution in [0.25, 0.3) is 0 Å². The van der Waals surface area contributed by atoms with Gasteiger partial charge in [0, 0.05) is 6.08 Å². The fourth-order valence-corrected chi connectivity index (χ4v) is 2.25. The molecule has 0 aromatic carbocycles. The van der Waals surface area contributed by atoms with Crippen molar-refractivity contribution in [2.45, 2.75) is 84.0 Å². The van der Waals surface area contributed by atoms with Crippen molar-refractivity contribution in [1.82, 2.24) is 0 Å². The fraction of sp³-hybridized carbons (Fsp3) is 0.722. The van der Waals surface area contributed by atoms with Crippen molar-refractivity contribution in [1.29, 1.82) is 0 Å². The average molecular weight is 279 g/mol. The first-order chi connectivity index (χ1) is 9.77. The van der Waals surface area contributed by atoms with Gasteiger partial charge in [-0.05, 0) is 12.8 Å². The van der Waals surface area contributed by atoms with Gasteiger partial charge in [0.1, 0.15) is 0 Å². The minimum absolute atomic E-state index is 0.385. The van der Waals surface area contributed by atoms with Crippen molar-refractivity contribution in [3.05, 3.63) is 24.3 Å². The van der Waals surface area contributed by atoms with E-state index in [9.17, 15) is 4.79 Å². The lowest BCUT2D eigenvalue weighted by Crippen LogP contribution is -2.04. The molecule has 0 aliphatic rings. The van der Waals surface area contributed by atoms with Crippen LogP contribution in [0.2, 0.25) is 0 Å². The lowest BCUT2D eigenvalue weighted by Gasteiger charge is -2.01. The van der Waals surface area contributed by atoms with Crippen molar-refractivity contribution < 1.29 is 4.79 Å². The number of primary amides is 1. The standard InChI is InChI=1S/C18H33NO/c1-2-3-4-5-6-7-8-9-10-11-12-13-14-15-16-17-18(19)20/h14-17H,2-13H2,1H3,(H2,19,20)/b15-14+,17-16+. The van der Waals surface area contributed by atoms with Gasteiger partial charge >= 0.3 is 0 Å². The van der Waals surface area contributed by atoms with Crippen molar-refractivity contribution in [2.75, 3.05) is 0 Å². The highest BCUT2D eigenvalue weighted by Crippen LogP contribution is 2.11. The number of allylic oxidation sites excluding steroid dienone is 3. The van der Waals surface area contributed by atoms with E-state index in [1.807, 2.05) is 6.08 Å². The number of hydrogen-bond acceptors (Lipinski definition) is 1. The summed E-state index contributed by atoms with van der Waals surface area (Å²) in [6.45, 7) is 2.27. The molecule has 0 rings (SSSR count). The Hall–Kier alpha value is -1.05. The number of rotatable bonds is 14. The topological polar surface area (TPSA) is 43.1 Å². The summed E-state index contributed by atoms with van der Waals surface area (Å²) in [7, 11) is 0. The van der Waals surface area contributed by atoms with E-state index < -0.39 is 0 Å². The van der Waals surface area contributed by atoms with Crippen LogP contribution in [0.15, 0.2) is 24.3 Å². The van der Waals surface area contributed by atoms with Crippen LogP contribution in [0.4, 0.5) is 0 Å². The summed E-state index contributed by atoms with van der Waals surface area (Å²) in [5, 5.41) is 0. The molecule has 0 atom stereocenters. The molecular weight excluding hydrogens is 246 g/mol. The SMILES string of the molecule is CCCCCCCCCCCCC/C=C/C=C/C(N)=O. The Labute approximate surface area is 125 Å². The van der Waals surface area contributed by atoms with Gasteiger partial charge in [0.2, 0.25) is 5.91 Å². The van der Waals surface area contributed by atoms with Crippen LogP contribution in [0.5, 0.6) is 0 Å². The first-order valence-electron chi connectivity index (χ1n) is 8.40.